The molecule has 0 aromatic heterocycles. The second-order valence-electron chi connectivity index (χ2n) is 5.22. The van der Waals surface area contributed by atoms with Gasteiger partial charge in [-0.1, -0.05) is 12.1 Å². The zero-order valence-corrected chi connectivity index (χ0v) is 13.0. The molecular formula is C15H20ClN3O3. The molecule has 0 saturated carbocycles. The van der Waals surface area contributed by atoms with Crippen LogP contribution in [0.4, 0.5) is 11.4 Å². The van der Waals surface area contributed by atoms with Crippen molar-refractivity contribution in [2.75, 3.05) is 36.5 Å². The summed E-state index contributed by atoms with van der Waals surface area (Å²) in [6.45, 7) is 2.51. The monoisotopic (exact) mass is 325 g/mol. The average Bonchev–Trinajstić information content (AvgIpc) is 2.95. The number of rotatable bonds is 3. The van der Waals surface area contributed by atoms with Crippen LogP contribution in [0.3, 0.4) is 0 Å². The van der Waals surface area contributed by atoms with Crippen LogP contribution in [0.5, 0.6) is 0 Å². The summed E-state index contributed by atoms with van der Waals surface area (Å²) in [4.78, 5) is 25.9. The minimum absolute atomic E-state index is 0. The van der Waals surface area contributed by atoms with E-state index in [1.54, 1.807) is 4.90 Å². The summed E-state index contributed by atoms with van der Waals surface area (Å²) in [6.07, 6.45) is 0.940. The van der Waals surface area contributed by atoms with Crippen LogP contribution in [0.2, 0.25) is 0 Å². The number of anilines is 2. The molecule has 0 bridgehead atoms. The number of hydrogen-bond donors (Lipinski definition) is 2. The van der Waals surface area contributed by atoms with Crippen LogP contribution in [0, 0.1) is 0 Å². The molecule has 0 spiro atoms. The van der Waals surface area contributed by atoms with Gasteiger partial charge >= 0.3 is 0 Å². The van der Waals surface area contributed by atoms with Gasteiger partial charge in [-0.3, -0.25) is 9.59 Å². The number of ether oxygens (including phenoxy) is 1. The van der Waals surface area contributed by atoms with E-state index >= 15 is 0 Å². The molecule has 22 heavy (non-hydrogen) atoms. The number of halogens is 1. The minimum Gasteiger partial charge on any atom is -0.366 e. The Kier molecular flexibility index (Phi) is 5.76. The van der Waals surface area contributed by atoms with Crippen molar-refractivity contribution >= 4 is 35.6 Å². The molecule has 2 saturated heterocycles. The van der Waals surface area contributed by atoms with E-state index in [2.05, 4.69) is 10.6 Å². The molecule has 0 aliphatic carbocycles. The number of nitrogens with zero attached hydrogens (tertiary/aromatic N) is 1. The first-order valence-electron chi connectivity index (χ1n) is 7.28. The van der Waals surface area contributed by atoms with Gasteiger partial charge < -0.3 is 20.3 Å². The number of hydrogen-bond acceptors (Lipinski definition) is 4. The van der Waals surface area contributed by atoms with Gasteiger partial charge in [0.05, 0.1) is 18.0 Å². The number of benzene rings is 1. The van der Waals surface area contributed by atoms with E-state index in [9.17, 15) is 9.59 Å². The van der Waals surface area contributed by atoms with E-state index in [0.717, 1.165) is 18.7 Å². The summed E-state index contributed by atoms with van der Waals surface area (Å²) in [6, 6.07) is 7.39. The van der Waals surface area contributed by atoms with Crippen LogP contribution in [-0.4, -0.2) is 44.2 Å². The van der Waals surface area contributed by atoms with Gasteiger partial charge in [0, 0.05) is 26.1 Å². The van der Waals surface area contributed by atoms with E-state index in [1.165, 1.54) is 0 Å². The van der Waals surface area contributed by atoms with Gasteiger partial charge in [0.15, 0.2) is 0 Å². The molecule has 2 N–H and O–H groups in total. The molecule has 6 nitrogen and oxygen atoms in total. The minimum atomic E-state index is -0.485. The smallest absolute Gasteiger partial charge is 0.254 e. The summed E-state index contributed by atoms with van der Waals surface area (Å²) < 4.78 is 5.44. The first-order chi connectivity index (χ1) is 10.3. The average molecular weight is 326 g/mol. The molecule has 120 valence electrons. The second kappa shape index (κ2) is 7.58. The summed E-state index contributed by atoms with van der Waals surface area (Å²) in [5.74, 6) is -0.0754. The van der Waals surface area contributed by atoms with Crippen molar-refractivity contribution in [2.24, 2.45) is 0 Å². The number of carbonyl (C=O) groups is 2. The summed E-state index contributed by atoms with van der Waals surface area (Å²) >= 11 is 0. The summed E-state index contributed by atoms with van der Waals surface area (Å²) in [5, 5.41) is 6.01. The van der Waals surface area contributed by atoms with E-state index in [1.807, 2.05) is 24.3 Å². The number of carbonyl (C=O) groups excluding carboxylic acids is 2. The Morgan fingerprint density at radius 2 is 2.18 bits per heavy atom. The van der Waals surface area contributed by atoms with Crippen LogP contribution in [0.15, 0.2) is 24.3 Å². The molecule has 2 amide bonds. The molecule has 3 rings (SSSR count). The van der Waals surface area contributed by atoms with E-state index in [4.69, 9.17) is 4.74 Å². The highest BCUT2D eigenvalue weighted by Crippen LogP contribution is 2.29. The number of amides is 2. The lowest BCUT2D eigenvalue weighted by Crippen LogP contribution is -2.45. The topological polar surface area (TPSA) is 70.7 Å². The van der Waals surface area contributed by atoms with Crippen molar-refractivity contribution in [1.82, 2.24) is 5.32 Å². The third-order valence-electron chi connectivity index (χ3n) is 3.75. The molecule has 1 aromatic rings. The lowest BCUT2D eigenvalue weighted by Gasteiger charge is -2.24. The fourth-order valence-corrected chi connectivity index (χ4v) is 2.66. The quantitative estimate of drug-likeness (QED) is 0.875. The van der Waals surface area contributed by atoms with Crippen LogP contribution < -0.4 is 15.5 Å². The zero-order valence-electron chi connectivity index (χ0n) is 12.2. The molecule has 2 heterocycles. The molecular weight excluding hydrogens is 306 g/mol. The van der Waals surface area contributed by atoms with Gasteiger partial charge in [-0.25, -0.2) is 0 Å². The number of morpholine rings is 1. The van der Waals surface area contributed by atoms with Gasteiger partial charge in [-0.2, -0.15) is 0 Å². The Hall–Kier alpha value is -1.63. The van der Waals surface area contributed by atoms with Crippen molar-refractivity contribution in [3.63, 3.8) is 0 Å². The number of nitrogens with one attached hydrogen (secondary N) is 2. The fraction of sp³-hybridized carbons (Fsp3) is 0.467. The van der Waals surface area contributed by atoms with Gasteiger partial charge in [0.25, 0.3) is 5.91 Å². The standard InChI is InChI=1S/C15H19N3O3.ClH/c19-14-6-3-8-18(14)12-5-2-1-4-11(12)17-15(20)13-10-16-7-9-21-13;/h1-2,4-5,13,16H,3,6-10H2,(H,17,20);1H. The highest BCUT2D eigenvalue weighted by molar-refractivity contribution is 6.03. The normalized spacial score (nSPS) is 21.4. The maximum atomic E-state index is 12.2. The fourth-order valence-electron chi connectivity index (χ4n) is 2.66. The molecule has 2 aliphatic rings. The van der Waals surface area contributed by atoms with E-state index in [0.29, 0.717) is 31.8 Å². The van der Waals surface area contributed by atoms with Gasteiger partial charge in [-0.15, -0.1) is 12.4 Å². The van der Waals surface area contributed by atoms with Crippen LogP contribution in [0.25, 0.3) is 0 Å². The Balaban J connectivity index is 0.00000176. The maximum absolute atomic E-state index is 12.2. The molecule has 2 fully saturated rings. The van der Waals surface area contributed by atoms with Crippen molar-refractivity contribution in [3.8, 4) is 0 Å². The third-order valence-corrected chi connectivity index (χ3v) is 3.75. The lowest BCUT2D eigenvalue weighted by molar-refractivity contribution is -0.128. The largest absolute Gasteiger partial charge is 0.366 e. The summed E-state index contributed by atoms with van der Waals surface area (Å²) in [7, 11) is 0. The third kappa shape index (κ3) is 3.58. The molecule has 2 aliphatic heterocycles. The summed E-state index contributed by atoms with van der Waals surface area (Å²) in [5.41, 5.74) is 1.42. The SMILES string of the molecule is Cl.O=C(Nc1ccccc1N1CCCC1=O)C1CNCCO1. The van der Waals surface area contributed by atoms with Gasteiger partial charge in [0.1, 0.15) is 6.10 Å². The first kappa shape index (κ1) is 16.7. The molecule has 7 heteroatoms. The lowest BCUT2D eigenvalue weighted by atomic mass is 10.2. The maximum Gasteiger partial charge on any atom is 0.254 e. The molecule has 1 unspecified atom stereocenters. The van der Waals surface area contributed by atoms with Gasteiger partial charge in [-0.05, 0) is 18.6 Å². The van der Waals surface area contributed by atoms with Crippen molar-refractivity contribution in [1.29, 1.82) is 0 Å². The zero-order chi connectivity index (χ0) is 14.7. The van der Waals surface area contributed by atoms with E-state index < -0.39 is 6.10 Å². The molecule has 1 atom stereocenters. The number of para-hydroxylation sites is 2. The van der Waals surface area contributed by atoms with Crippen LogP contribution >= 0.6 is 12.4 Å². The Morgan fingerprint density at radius 3 is 2.86 bits per heavy atom. The Labute approximate surface area is 135 Å². The van der Waals surface area contributed by atoms with Crippen molar-refractivity contribution < 1.29 is 14.3 Å². The highest BCUT2D eigenvalue weighted by Gasteiger charge is 2.26. The second-order valence-corrected chi connectivity index (χ2v) is 5.22. The van der Waals surface area contributed by atoms with E-state index in [-0.39, 0.29) is 24.2 Å². The Bertz CT molecular complexity index is 547. The molecule has 0 radical (unpaired) electrons. The van der Waals surface area contributed by atoms with Gasteiger partial charge in [0.2, 0.25) is 5.91 Å². The first-order valence-corrected chi connectivity index (χ1v) is 7.28. The van der Waals surface area contributed by atoms with Crippen LogP contribution in [-0.2, 0) is 14.3 Å². The molecule has 1 aromatic carbocycles. The predicted octanol–water partition coefficient (Wildman–Crippen LogP) is 1.16. The Morgan fingerprint density at radius 1 is 1.36 bits per heavy atom. The van der Waals surface area contributed by atoms with Crippen molar-refractivity contribution in [3.05, 3.63) is 24.3 Å². The van der Waals surface area contributed by atoms with Crippen LogP contribution in [0.1, 0.15) is 12.8 Å². The highest BCUT2D eigenvalue weighted by atomic mass is 35.5. The van der Waals surface area contributed by atoms with Crippen molar-refractivity contribution in [2.45, 2.75) is 18.9 Å². The predicted molar refractivity (Wildman–Crippen MR) is 86.5 cm³/mol.